The molecule has 0 aliphatic carbocycles. The average molecular weight is 713 g/mol. The number of ether oxygens (including phenoxy) is 1. The first-order valence-corrected chi connectivity index (χ1v) is 17.3. The van der Waals surface area contributed by atoms with Crippen LogP contribution in [0.1, 0.15) is 60.6 Å². The lowest BCUT2D eigenvalue weighted by Gasteiger charge is -2.25. The average Bonchev–Trinajstić information content (AvgIpc) is 3.46. The molecule has 0 saturated heterocycles. The number of aliphatic hydroxyl groups excluding tert-OH is 2. The number of benzene rings is 4. The predicted molar refractivity (Wildman–Crippen MR) is 197 cm³/mol. The Morgan fingerprint density at radius 3 is 2.08 bits per heavy atom. The highest BCUT2D eigenvalue weighted by Gasteiger charge is 2.33. The third-order valence-corrected chi connectivity index (χ3v) is 8.85. The number of aliphatic hydroxyl groups is 2. The maximum absolute atomic E-state index is 15.2. The van der Waals surface area contributed by atoms with Crippen LogP contribution in [0.2, 0.25) is 5.02 Å². The highest BCUT2D eigenvalue weighted by molar-refractivity contribution is 6.30. The van der Waals surface area contributed by atoms with E-state index in [1.165, 1.54) is 12.1 Å². The first-order valence-electron chi connectivity index (χ1n) is 16.9. The molecule has 4 aromatic carbocycles. The number of aliphatic carboxylic acids is 1. The van der Waals surface area contributed by atoms with E-state index in [0.717, 1.165) is 11.1 Å². The summed E-state index contributed by atoms with van der Waals surface area (Å²) in [6, 6.07) is 32.2. The molecule has 5 aromatic rings. The molecule has 3 N–H and O–H groups in total. The molecule has 0 bridgehead atoms. The first kappa shape index (κ1) is 37.5. The molecule has 1 aromatic heterocycles. The summed E-state index contributed by atoms with van der Waals surface area (Å²) in [5.41, 5.74) is 5.42. The van der Waals surface area contributed by atoms with Crippen LogP contribution in [0.5, 0.6) is 0 Å². The smallest absolute Gasteiger partial charge is 0.305 e. The Hall–Kier alpha value is -4.80. The molecule has 0 fully saturated rings. The Morgan fingerprint density at radius 2 is 1.47 bits per heavy atom. The lowest BCUT2D eigenvalue weighted by Crippen LogP contribution is -2.34. The number of carboxylic acid groups (broad SMARTS) is 1. The van der Waals surface area contributed by atoms with E-state index in [4.69, 9.17) is 21.4 Å². The number of para-hydroxylation sites is 1. The molecule has 5 rings (SSSR count). The quantitative estimate of drug-likeness (QED) is 0.0885. The summed E-state index contributed by atoms with van der Waals surface area (Å²) >= 11 is 6.08. The predicted octanol–water partition coefficient (Wildman–Crippen LogP) is 8.54. The van der Waals surface area contributed by atoms with Crippen molar-refractivity contribution in [3.05, 3.63) is 137 Å². The molecule has 1 heterocycles. The summed E-state index contributed by atoms with van der Waals surface area (Å²) in [4.78, 5) is 27.9. The normalized spacial score (nSPS) is 12.5. The van der Waals surface area contributed by atoms with Crippen LogP contribution >= 0.6 is 11.6 Å². The van der Waals surface area contributed by atoms with Crippen molar-refractivity contribution in [2.75, 3.05) is 11.6 Å². The molecule has 1 amide bonds. The minimum absolute atomic E-state index is 0.0610. The molecule has 8 nitrogen and oxygen atoms in total. The molecule has 0 radical (unpaired) electrons. The first-order chi connectivity index (χ1) is 24.5. The highest BCUT2D eigenvalue weighted by Crippen LogP contribution is 2.43. The van der Waals surface area contributed by atoms with Gasteiger partial charge in [0.05, 0.1) is 36.5 Å². The summed E-state index contributed by atoms with van der Waals surface area (Å²) in [7, 11) is 0. The fourth-order valence-electron chi connectivity index (χ4n) is 6.30. The van der Waals surface area contributed by atoms with Gasteiger partial charge in [0.25, 0.3) is 5.91 Å². The number of hydrogen-bond acceptors (Lipinski definition) is 5. The van der Waals surface area contributed by atoms with E-state index in [0.29, 0.717) is 38.8 Å². The van der Waals surface area contributed by atoms with Gasteiger partial charge in [-0.05, 0) is 84.0 Å². The molecule has 2 atom stereocenters. The van der Waals surface area contributed by atoms with E-state index in [9.17, 15) is 19.4 Å². The molecular weight excluding hydrogens is 671 g/mol. The van der Waals surface area contributed by atoms with Crippen LogP contribution in [0.15, 0.2) is 109 Å². The summed E-state index contributed by atoms with van der Waals surface area (Å²) in [6.07, 6.45) is -2.68. The van der Waals surface area contributed by atoms with Crippen molar-refractivity contribution in [3.8, 4) is 22.4 Å². The monoisotopic (exact) mass is 712 g/mol. The summed E-state index contributed by atoms with van der Waals surface area (Å²) in [6.45, 7) is 4.39. The topological polar surface area (TPSA) is 112 Å². The number of hydrogen-bond donors (Lipinski definition) is 3. The van der Waals surface area contributed by atoms with Crippen LogP contribution in [-0.4, -0.2) is 50.7 Å². The minimum atomic E-state index is -1.22. The number of carbonyl (C=O) groups excluding carboxylic acids is 1. The van der Waals surface area contributed by atoms with Crippen LogP contribution < -0.4 is 4.90 Å². The van der Waals surface area contributed by atoms with Crippen LogP contribution in [0, 0.1) is 5.82 Å². The van der Waals surface area contributed by atoms with Crippen LogP contribution in [0.25, 0.3) is 22.4 Å². The second-order valence-corrected chi connectivity index (χ2v) is 13.2. The van der Waals surface area contributed by atoms with Crippen LogP contribution in [0.3, 0.4) is 0 Å². The van der Waals surface area contributed by atoms with Gasteiger partial charge in [0.1, 0.15) is 12.5 Å². The SMILES string of the molecule is CC(C)c1c(C(=O)N(COCc2ccc(Cl)cc2)c2ccccc2)c(-c2ccccc2)c(-c2ccc(F)cc2)n1CCC(O)CC(O)CC(=O)O. The molecular formula is C41H42ClFN2O6. The van der Waals surface area contributed by atoms with E-state index < -0.39 is 30.4 Å². The van der Waals surface area contributed by atoms with Gasteiger partial charge in [-0.1, -0.05) is 86.1 Å². The van der Waals surface area contributed by atoms with Crippen molar-refractivity contribution >= 4 is 29.2 Å². The molecule has 51 heavy (non-hydrogen) atoms. The Balaban J connectivity index is 1.66. The van der Waals surface area contributed by atoms with Gasteiger partial charge in [0.2, 0.25) is 0 Å². The van der Waals surface area contributed by atoms with E-state index in [2.05, 4.69) is 0 Å². The van der Waals surface area contributed by atoms with Gasteiger partial charge < -0.3 is 24.6 Å². The second kappa shape index (κ2) is 17.4. The van der Waals surface area contributed by atoms with Crippen molar-refractivity contribution in [2.24, 2.45) is 0 Å². The molecule has 0 saturated carbocycles. The van der Waals surface area contributed by atoms with Crippen molar-refractivity contribution in [1.82, 2.24) is 4.57 Å². The van der Waals surface area contributed by atoms with Gasteiger partial charge in [-0.2, -0.15) is 0 Å². The van der Waals surface area contributed by atoms with Crippen LogP contribution in [-0.2, 0) is 22.7 Å². The molecule has 0 spiro atoms. The molecule has 0 aliphatic rings. The number of halogens is 2. The third-order valence-electron chi connectivity index (χ3n) is 8.60. The molecule has 266 valence electrons. The molecule has 10 heteroatoms. The standard InChI is InChI=1S/C41H42ClFN2O6/c1-27(2)39-38(41(50)45(33-11-7-4-8-12-33)26-51-25-28-13-17-31(42)18-14-28)37(29-9-5-3-6-10-29)40(30-15-19-32(43)20-16-30)44(39)22-21-34(46)23-35(47)24-36(48)49/h3-20,27,34-35,46-47H,21-26H2,1-2H3,(H,48,49). The Kier molecular flexibility index (Phi) is 12.8. The Labute approximate surface area is 302 Å². The van der Waals surface area contributed by atoms with Gasteiger partial charge in [-0.25, -0.2) is 4.39 Å². The number of carboxylic acids is 1. The molecule has 0 aliphatic heterocycles. The van der Waals surface area contributed by atoms with Crippen molar-refractivity contribution in [1.29, 1.82) is 0 Å². The zero-order chi connectivity index (χ0) is 36.5. The van der Waals surface area contributed by atoms with E-state index >= 15 is 4.79 Å². The number of carbonyl (C=O) groups is 2. The minimum Gasteiger partial charge on any atom is -0.481 e. The van der Waals surface area contributed by atoms with Gasteiger partial charge >= 0.3 is 5.97 Å². The van der Waals surface area contributed by atoms with E-state index in [1.807, 2.05) is 91.2 Å². The van der Waals surface area contributed by atoms with Crippen molar-refractivity contribution in [2.45, 2.75) is 64.4 Å². The zero-order valence-corrected chi connectivity index (χ0v) is 29.3. The zero-order valence-electron chi connectivity index (χ0n) is 28.6. The lowest BCUT2D eigenvalue weighted by molar-refractivity contribution is -0.139. The number of nitrogens with zero attached hydrogens (tertiary/aromatic N) is 2. The Morgan fingerprint density at radius 1 is 0.843 bits per heavy atom. The number of anilines is 1. The summed E-state index contributed by atoms with van der Waals surface area (Å²) < 4.78 is 22.5. The van der Waals surface area contributed by atoms with Gasteiger partial charge in [0.15, 0.2) is 0 Å². The lowest BCUT2D eigenvalue weighted by atomic mass is 9.94. The molecule has 2 unspecified atom stereocenters. The second-order valence-electron chi connectivity index (χ2n) is 12.8. The fourth-order valence-corrected chi connectivity index (χ4v) is 6.43. The number of amides is 1. The van der Waals surface area contributed by atoms with E-state index in [1.54, 1.807) is 29.2 Å². The van der Waals surface area contributed by atoms with Crippen LogP contribution in [0.4, 0.5) is 10.1 Å². The number of rotatable bonds is 16. The summed E-state index contributed by atoms with van der Waals surface area (Å²) in [5.74, 6) is -2.06. The maximum Gasteiger partial charge on any atom is 0.305 e. The Bertz CT molecular complexity index is 1900. The fraction of sp³-hybridized carbons (Fsp3) is 0.268. The van der Waals surface area contributed by atoms with E-state index in [-0.39, 0.29) is 44.5 Å². The van der Waals surface area contributed by atoms with Crippen molar-refractivity contribution < 1.29 is 34.0 Å². The summed E-state index contributed by atoms with van der Waals surface area (Å²) in [5, 5.41) is 30.9. The third kappa shape index (κ3) is 9.51. The van der Waals surface area contributed by atoms with Gasteiger partial charge in [0, 0.05) is 28.5 Å². The largest absolute Gasteiger partial charge is 0.481 e. The van der Waals surface area contributed by atoms with Gasteiger partial charge in [-0.3, -0.25) is 14.5 Å². The van der Waals surface area contributed by atoms with Gasteiger partial charge in [-0.15, -0.1) is 0 Å². The number of aromatic nitrogens is 1. The highest BCUT2D eigenvalue weighted by atomic mass is 35.5. The maximum atomic E-state index is 15.2. The van der Waals surface area contributed by atoms with Crippen molar-refractivity contribution in [3.63, 3.8) is 0 Å².